The molecule has 3 N–H and O–H groups in total. The van der Waals surface area contributed by atoms with E-state index in [1.54, 1.807) is 0 Å². The summed E-state index contributed by atoms with van der Waals surface area (Å²) in [7, 11) is 0. The lowest BCUT2D eigenvalue weighted by Crippen LogP contribution is -2.58. The number of halogens is 6. The van der Waals surface area contributed by atoms with Gasteiger partial charge >= 0.3 is 6.18 Å². The third-order valence-electron chi connectivity index (χ3n) is 4.49. The van der Waals surface area contributed by atoms with E-state index in [2.05, 4.69) is 5.10 Å². The first-order valence-electron chi connectivity index (χ1n) is 8.53. The Morgan fingerprint density at radius 2 is 1.83 bits per heavy atom. The average molecular weight is 423 g/mol. The van der Waals surface area contributed by atoms with Gasteiger partial charge in [0, 0.05) is 43.9 Å². The van der Waals surface area contributed by atoms with Gasteiger partial charge in [-0.15, -0.1) is 0 Å². The summed E-state index contributed by atoms with van der Waals surface area (Å²) in [6.45, 7) is 1.21. The predicted molar refractivity (Wildman–Crippen MR) is 92.8 cm³/mol. The number of amides is 1. The van der Waals surface area contributed by atoms with Gasteiger partial charge in [-0.2, -0.15) is 18.3 Å². The van der Waals surface area contributed by atoms with E-state index in [1.807, 2.05) is 0 Å². The van der Waals surface area contributed by atoms with Crippen LogP contribution >= 0.6 is 0 Å². The van der Waals surface area contributed by atoms with Crippen LogP contribution in [0.15, 0.2) is 17.2 Å². The van der Waals surface area contributed by atoms with Crippen LogP contribution in [0, 0.1) is 22.9 Å². The molecule has 1 aliphatic rings. The first-order valence-corrected chi connectivity index (χ1v) is 8.53. The molecule has 0 aliphatic carbocycles. The largest absolute Gasteiger partial charge is 0.451 e. The minimum atomic E-state index is -4.73. The van der Waals surface area contributed by atoms with Crippen LogP contribution in [0.5, 0.6) is 0 Å². The van der Waals surface area contributed by atoms with E-state index in [0.29, 0.717) is 12.1 Å². The van der Waals surface area contributed by atoms with Crippen LogP contribution in [0.25, 0.3) is 0 Å². The lowest BCUT2D eigenvalue weighted by molar-refractivity contribution is -0.132. The van der Waals surface area contributed by atoms with Crippen molar-refractivity contribution in [3.8, 4) is 0 Å². The Morgan fingerprint density at radius 3 is 2.38 bits per heavy atom. The fraction of sp³-hybridized carbons (Fsp3) is 0.471. The molecule has 1 aromatic rings. The second kappa shape index (κ2) is 8.70. The van der Waals surface area contributed by atoms with E-state index < -0.39 is 54.3 Å². The second-order valence-corrected chi connectivity index (χ2v) is 6.65. The van der Waals surface area contributed by atoms with Gasteiger partial charge in [-0.25, -0.2) is 13.2 Å². The molecular weight excluding hydrogens is 404 g/mol. The summed E-state index contributed by atoms with van der Waals surface area (Å²) in [5.41, 5.74) is -0.511. The highest BCUT2D eigenvalue weighted by molar-refractivity contribution is 6.00. The summed E-state index contributed by atoms with van der Waals surface area (Å²) in [5.74, 6) is -0.592. The molecule has 1 aromatic carbocycles. The molecule has 1 aliphatic heterocycles. The number of carbonyl (C=O) groups is 1. The minimum absolute atomic E-state index is 0.0505. The molecule has 1 saturated heterocycles. The molecule has 0 radical (unpaired) electrons. The summed E-state index contributed by atoms with van der Waals surface area (Å²) in [4.78, 5) is 14.6. The third kappa shape index (κ3) is 5.39. The van der Waals surface area contributed by atoms with Crippen molar-refractivity contribution in [2.45, 2.75) is 32.0 Å². The second-order valence-electron chi connectivity index (χ2n) is 6.65. The molecular formula is C17H19F6N5O. The molecule has 1 unspecified atom stereocenters. The molecule has 0 aromatic heterocycles. The number of hydrazone groups is 1. The topological polar surface area (TPSA) is 85.8 Å². The average Bonchev–Trinajstić information content (AvgIpc) is 2.60. The SMILES string of the molecule is CC1CN(C(=O)CC(=N)Cc2cc(F)c(F)cc2F)CCN1C(=NN)C(F)(F)F. The minimum Gasteiger partial charge on any atom is -0.345 e. The van der Waals surface area contributed by atoms with Crippen LogP contribution in [0.3, 0.4) is 0 Å². The maximum atomic E-state index is 13.7. The molecule has 160 valence electrons. The van der Waals surface area contributed by atoms with E-state index in [1.165, 1.54) is 11.8 Å². The van der Waals surface area contributed by atoms with Gasteiger partial charge in [-0.3, -0.25) is 4.79 Å². The highest BCUT2D eigenvalue weighted by atomic mass is 19.4. The Bertz CT molecular complexity index is 825. The molecule has 0 bridgehead atoms. The Labute approximate surface area is 162 Å². The highest BCUT2D eigenvalue weighted by Crippen LogP contribution is 2.23. The van der Waals surface area contributed by atoms with Gasteiger partial charge in [-0.05, 0) is 18.6 Å². The van der Waals surface area contributed by atoms with Crippen molar-refractivity contribution in [3.63, 3.8) is 0 Å². The molecule has 0 spiro atoms. The van der Waals surface area contributed by atoms with Crippen LogP contribution in [0.4, 0.5) is 26.3 Å². The maximum Gasteiger partial charge on any atom is 0.451 e. The predicted octanol–water partition coefficient (Wildman–Crippen LogP) is 2.42. The fourth-order valence-electron chi connectivity index (χ4n) is 3.09. The van der Waals surface area contributed by atoms with Crippen molar-refractivity contribution < 1.29 is 31.1 Å². The first kappa shape index (κ1) is 22.5. The number of amidine groups is 1. The lowest BCUT2D eigenvalue weighted by Gasteiger charge is -2.41. The Morgan fingerprint density at radius 1 is 1.21 bits per heavy atom. The van der Waals surface area contributed by atoms with Crippen molar-refractivity contribution in [2.24, 2.45) is 10.9 Å². The van der Waals surface area contributed by atoms with Crippen molar-refractivity contribution in [2.75, 3.05) is 19.6 Å². The number of piperazine rings is 1. The fourth-order valence-corrected chi connectivity index (χ4v) is 3.09. The number of hydrogen-bond donors (Lipinski definition) is 2. The van der Waals surface area contributed by atoms with Crippen LogP contribution in [0.1, 0.15) is 18.9 Å². The normalized spacial score (nSPS) is 18.2. The van der Waals surface area contributed by atoms with Gasteiger partial charge in [0.25, 0.3) is 0 Å². The number of benzene rings is 1. The van der Waals surface area contributed by atoms with E-state index in [0.717, 1.165) is 4.90 Å². The zero-order chi connectivity index (χ0) is 21.9. The van der Waals surface area contributed by atoms with Crippen molar-refractivity contribution in [1.29, 1.82) is 5.41 Å². The van der Waals surface area contributed by atoms with Crippen molar-refractivity contribution in [1.82, 2.24) is 9.80 Å². The zero-order valence-corrected chi connectivity index (χ0v) is 15.4. The monoisotopic (exact) mass is 423 g/mol. The van der Waals surface area contributed by atoms with E-state index in [9.17, 15) is 31.1 Å². The van der Waals surface area contributed by atoms with E-state index in [4.69, 9.17) is 11.3 Å². The summed E-state index contributed by atoms with van der Waals surface area (Å²) in [6, 6.07) is 0.252. The molecule has 1 fully saturated rings. The third-order valence-corrected chi connectivity index (χ3v) is 4.49. The number of rotatable bonds is 4. The smallest absolute Gasteiger partial charge is 0.345 e. The number of nitrogens with two attached hydrogens (primary N) is 1. The summed E-state index contributed by atoms with van der Waals surface area (Å²) >= 11 is 0. The molecule has 0 saturated carbocycles. The highest BCUT2D eigenvalue weighted by Gasteiger charge is 2.43. The number of nitrogens with zero attached hydrogens (tertiary/aromatic N) is 3. The molecule has 2 rings (SSSR count). The van der Waals surface area contributed by atoms with Gasteiger partial charge in [-0.1, -0.05) is 0 Å². The Kier molecular flexibility index (Phi) is 6.75. The van der Waals surface area contributed by atoms with Crippen molar-refractivity contribution in [3.05, 3.63) is 35.1 Å². The number of carbonyl (C=O) groups excluding carboxylic acids is 1. The van der Waals surface area contributed by atoms with Gasteiger partial charge in [0.15, 0.2) is 11.6 Å². The van der Waals surface area contributed by atoms with Crippen LogP contribution in [0.2, 0.25) is 0 Å². The summed E-state index contributed by atoms with van der Waals surface area (Å²) in [5, 5.41) is 10.6. The Hall–Kier alpha value is -2.79. The molecule has 1 atom stereocenters. The van der Waals surface area contributed by atoms with Gasteiger partial charge in [0.2, 0.25) is 11.7 Å². The zero-order valence-electron chi connectivity index (χ0n) is 15.4. The van der Waals surface area contributed by atoms with Gasteiger partial charge in [0.05, 0.1) is 6.42 Å². The van der Waals surface area contributed by atoms with Gasteiger partial charge < -0.3 is 21.1 Å². The summed E-state index contributed by atoms with van der Waals surface area (Å²) in [6.07, 6.45) is -5.56. The number of alkyl halides is 3. The van der Waals surface area contributed by atoms with Crippen molar-refractivity contribution >= 4 is 17.5 Å². The molecule has 6 nitrogen and oxygen atoms in total. The maximum absolute atomic E-state index is 13.7. The van der Waals surface area contributed by atoms with E-state index in [-0.39, 0.29) is 30.9 Å². The first-order chi connectivity index (χ1) is 13.4. The molecule has 1 amide bonds. The molecule has 29 heavy (non-hydrogen) atoms. The van der Waals surface area contributed by atoms with Crippen LogP contribution < -0.4 is 5.84 Å². The quantitative estimate of drug-likeness (QED) is 0.195. The Balaban J connectivity index is 1.97. The number of hydrogen-bond acceptors (Lipinski definition) is 4. The lowest BCUT2D eigenvalue weighted by atomic mass is 10.0. The van der Waals surface area contributed by atoms with E-state index >= 15 is 0 Å². The van der Waals surface area contributed by atoms with Crippen LogP contribution in [-0.4, -0.2) is 59.1 Å². The molecule has 12 heteroatoms. The van der Waals surface area contributed by atoms with Gasteiger partial charge in [0.1, 0.15) is 5.82 Å². The standard InChI is InChI=1S/C17H19F6N5O/c1-9-8-27(2-3-28(9)16(26-25)17(21,22)23)15(29)6-11(24)4-10-5-13(19)14(20)7-12(10)18/h5,7,9,24H,2-4,6,8,25H2,1H3. The number of nitrogens with one attached hydrogen (secondary N) is 1. The van der Waals surface area contributed by atoms with Crippen LogP contribution in [-0.2, 0) is 11.2 Å². The summed E-state index contributed by atoms with van der Waals surface area (Å²) < 4.78 is 78.7. The molecule has 1 heterocycles.